The van der Waals surface area contributed by atoms with Crippen molar-refractivity contribution in [3.63, 3.8) is 0 Å². The van der Waals surface area contributed by atoms with E-state index in [0.717, 1.165) is 14.7 Å². The molecule has 0 unspecified atom stereocenters. The molecule has 0 amide bonds. The highest BCUT2D eigenvalue weighted by Crippen LogP contribution is 2.17. The Hall–Kier alpha value is -2.92. The average molecular weight is 320 g/mol. The molecule has 1 aromatic heterocycles. The zero-order valence-corrected chi connectivity index (χ0v) is 12.6. The van der Waals surface area contributed by atoms with Crippen LogP contribution in [0, 0.1) is 5.39 Å². The average Bonchev–Trinajstić information content (AvgIpc) is 2.52. The summed E-state index contributed by atoms with van der Waals surface area (Å²) in [5, 5.41) is 13.5. The summed E-state index contributed by atoms with van der Waals surface area (Å²) >= 11 is 5.78. The van der Waals surface area contributed by atoms with Crippen LogP contribution in [0.15, 0.2) is 39.0 Å². The molecule has 1 aromatic carbocycles. The lowest BCUT2D eigenvalue weighted by molar-refractivity contribution is 0.694. The fourth-order valence-corrected chi connectivity index (χ4v) is 1.89. The number of nitrogens with one attached hydrogen (secondary N) is 1. The summed E-state index contributed by atoms with van der Waals surface area (Å²) in [6, 6.07) is 6.89. The number of diazo groups is 1. The van der Waals surface area contributed by atoms with Gasteiger partial charge in [0.05, 0.1) is 6.21 Å². The minimum atomic E-state index is -0.727. The van der Waals surface area contributed by atoms with Gasteiger partial charge < -0.3 is 0 Å². The Morgan fingerprint density at radius 2 is 1.86 bits per heavy atom. The van der Waals surface area contributed by atoms with E-state index in [4.69, 9.17) is 17.0 Å². The molecule has 8 nitrogen and oxygen atoms in total. The molecule has 0 radical (unpaired) electrons. The van der Waals surface area contributed by atoms with Crippen LogP contribution in [-0.4, -0.2) is 15.3 Å². The van der Waals surface area contributed by atoms with Crippen molar-refractivity contribution in [2.75, 3.05) is 5.43 Å². The van der Waals surface area contributed by atoms with Crippen LogP contribution in [0.2, 0.25) is 5.02 Å². The number of benzene rings is 1. The summed E-state index contributed by atoms with van der Waals surface area (Å²) in [6.07, 6.45) is 1.47. The second kappa shape index (κ2) is 6.24. The molecular formula is C13H12ClN6O2+. The van der Waals surface area contributed by atoms with Gasteiger partial charge in [-0.1, -0.05) is 23.7 Å². The number of hydrazone groups is 1. The molecule has 22 heavy (non-hydrogen) atoms. The Labute approximate surface area is 129 Å². The van der Waals surface area contributed by atoms with Crippen molar-refractivity contribution in [1.29, 1.82) is 5.39 Å². The molecule has 0 saturated carbocycles. The molecule has 0 fully saturated rings. The smallest absolute Gasteiger partial charge is 0.275 e. The van der Waals surface area contributed by atoms with Gasteiger partial charge in [-0.25, -0.2) is 4.79 Å². The van der Waals surface area contributed by atoms with Crippen LogP contribution in [0.25, 0.3) is 4.98 Å². The summed E-state index contributed by atoms with van der Waals surface area (Å²) < 4.78 is 1.96. The molecule has 0 aliphatic rings. The Bertz CT molecular complexity index is 889. The fraction of sp³-hybridized carbons (Fsp3) is 0.154. The van der Waals surface area contributed by atoms with Crippen LogP contribution in [0.3, 0.4) is 0 Å². The zero-order chi connectivity index (χ0) is 16.3. The summed E-state index contributed by atoms with van der Waals surface area (Å²) in [7, 11) is 2.72. The third kappa shape index (κ3) is 2.89. The normalized spacial score (nSPS) is 10.6. The molecule has 0 saturated heterocycles. The highest BCUT2D eigenvalue weighted by molar-refractivity contribution is 6.30. The molecule has 0 aliphatic heterocycles. The van der Waals surface area contributed by atoms with Crippen LogP contribution in [0.5, 0.6) is 0 Å². The quantitative estimate of drug-likeness (QED) is 0.528. The summed E-state index contributed by atoms with van der Waals surface area (Å²) in [6.45, 7) is 0. The van der Waals surface area contributed by atoms with E-state index in [2.05, 4.69) is 15.5 Å². The predicted octanol–water partition coefficient (Wildman–Crippen LogP) is 1.67. The number of halogens is 1. The molecule has 1 N–H and O–H groups in total. The largest absolute Gasteiger partial charge is 0.491 e. The first kappa shape index (κ1) is 15.5. The van der Waals surface area contributed by atoms with E-state index in [1.165, 1.54) is 20.3 Å². The number of anilines is 1. The van der Waals surface area contributed by atoms with Crippen molar-refractivity contribution in [2.24, 2.45) is 19.2 Å². The Morgan fingerprint density at radius 1 is 1.23 bits per heavy atom. The fourth-order valence-electron chi connectivity index (χ4n) is 1.76. The predicted molar refractivity (Wildman–Crippen MR) is 84.3 cm³/mol. The standard InChI is InChI=1S/C13H11ClN6O2/c1-19-11(10(17-15)12(21)20(2)13(19)22)18-16-7-8-3-5-9(14)6-4-8/h3-7H,1-2H3/p+1/b16-7+. The number of hydrogen-bond acceptors (Lipinski definition) is 5. The number of nitrogens with zero attached hydrogens (tertiary/aromatic N) is 5. The maximum absolute atomic E-state index is 11.9. The lowest BCUT2D eigenvalue weighted by atomic mass is 10.2. The Balaban J connectivity index is 2.38. The Morgan fingerprint density at radius 3 is 2.45 bits per heavy atom. The van der Waals surface area contributed by atoms with Crippen LogP contribution in [0.1, 0.15) is 5.56 Å². The molecule has 1 heterocycles. The highest BCUT2D eigenvalue weighted by atomic mass is 35.5. The second-order valence-corrected chi connectivity index (χ2v) is 4.86. The van der Waals surface area contributed by atoms with E-state index in [1.54, 1.807) is 24.3 Å². The molecule has 2 aromatic rings. The summed E-state index contributed by atoms with van der Waals surface area (Å²) in [4.78, 5) is 26.6. The van der Waals surface area contributed by atoms with Crippen molar-refractivity contribution in [1.82, 2.24) is 9.13 Å². The molecule has 0 spiro atoms. The molecule has 0 aliphatic carbocycles. The monoisotopic (exact) mass is 319 g/mol. The van der Waals surface area contributed by atoms with Gasteiger partial charge in [-0.3, -0.25) is 19.4 Å². The molecule has 0 atom stereocenters. The van der Waals surface area contributed by atoms with Gasteiger partial charge in [-0.15, -0.1) is 0 Å². The first-order valence-electron chi connectivity index (χ1n) is 6.15. The summed E-state index contributed by atoms with van der Waals surface area (Å²) in [5.74, 6) is -0.0131. The van der Waals surface area contributed by atoms with Crippen molar-refractivity contribution in [2.45, 2.75) is 0 Å². The van der Waals surface area contributed by atoms with E-state index in [0.29, 0.717) is 5.02 Å². The van der Waals surface area contributed by atoms with E-state index >= 15 is 0 Å². The first-order valence-corrected chi connectivity index (χ1v) is 6.53. The van der Waals surface area contributed by atoms with Gasteiger partial charge in [0.15, 0.2) is 4.98 Å². The van der Waals surface area contributed by atoms with Crippen molar-refractivity contribution in [3.8, 4) is 0 Å². The van der Waals surface area contributed by atoms with Crippen LogP contribution >= 0.6 is 11.6 Å². The molecule has 9 heteroatoms. The van der Waals surface area contributed by atoms with Crippen LogP contribution in [-0.2, 0) is 14.1 Å². The van der Waals surface area contributed by atoms with Gasteiger partial charge in [-0.05, 0) is 17.7 Å². The topological polar surface area (TPSA) is 96.5 Å². The van der Waals surface area contributed by atoms with Gasteiger partial charge in [0.2, 0.25) is 11.2 Å². The lowest BCUT2D eigenvalue weighted by Crippen LogP contribution is -2.37. The minimum Gasteiger partial charge on any atom is -0.275 e. The highest BCUT2D eigenvalue weighted by Gasteiger charge is 2.26. The van der Waals surface area contributed by atoms with Crippen LogP contribution in [0.4, 0.5) is 11.5 Å². The maximum atomic E-state index is 11.9. The molecular weight excluding hydrogens is 308 g/mol. The Kier molecular flexibility index (Phi) is 4.39. The number of aromatic nitrogens is 2. The number of rotatable bonds is 3. The van der Waals surface area contributed by atoms with Crippen LogP contribution < -0.4 is 16.7 Å². The zero-order valence-electron chi connectivity index (χ0n) is 11.8. The van der Waals surface area contributed by atoms with E-state index < -0.39 is 11.2 Å². The van der Waals surface area contributed by atoms with Crippen molar-refractivity contribution >= 4 is 29.3 Å². The molecule has 2 rings (SSSR count). The third-order valence-corrected chi connectivity index (χ3v) is 3.25. The number of hydrogen-bond donors (Lipinski definition) is 1. The minimum absolute atomic E-state index is 0.0131. The second-order valence-electron chi connectivity index (χ2n) is 4.42. The third-order valence-electron chi connectivity index (χ3n) is 2.99. The van der Waals surface area contributed by atoms with E-state index in [1.807, 2.05) is 0 Å². The van der Waals surface area contributed by atoms with Crippen molar-refractivity contribution in [3.05, 3.63) is 60.7 Å². The van der Waals surface area contributed by atoms with Gasteiger partial charge in [0.1, 0.15) is 0 Å². The summed E-state index contributed by atoms with van der Waals surface area (Å²) in [5.41, 5.74) is 1.69. The van der Waals surface area contributed by atoms with Gasteiger partial charge >= 0.3 is 16.9 Å². The van der Waals surface area contributed by atoms with Gasteiger partial charge in [-0.2, -0.15) is 5.10 Å². The van der Waals surface area contributed by atoms with Crippen molar-refractivity contribution < 1.29 is 0 Å². The maximum Gasteiger partial charge on any atom is 0.491 e. The molecule has 0 bridgehead atoms. The lowest BCUT2D eigenvalue weighted by Gasteiger charge is -2.05. The van der Waals surface area contributed by atoms with Gasteiger partial charge in [0, 0.05) is 19.1 Å². The SMILES string of the molecule is Cn1c(N/N=C/c2ccc(Cl)cc2)c([N+]#N)c(=O)n(C)c1=O. The first-order chi connectivity index (χ1) is 10.5. The van der Waals surface area contributed by atoms with E-state index in [9.17, 15) is 9.59 Å². The van der Waals surface area contributed by atoms with Gasteiger partial charge in [0.25, 0.3) is 0 Å². The molecule has 112 valence electrons. The van der Waals surface area contributed by atoms with E-state index in [-0.39, 0.29) is 11.5 Å².